The van der Waals surface area contributed by atoms with Gasteiger partial charge in [0.15, 0.2) is 6.10 Å². The zero-order valence-electron chi connectivity index (χ0n) is 14.5. The van der Waals surface area contributed by atoms with E-state index < -0.39 is 12.2 Å². The van der Waals surface area contributed by atoms with Crippen LogP contribution in [0, 0.1) is 17.8 Å². The molecule has 1 aromatic carbocycles. The summed E-state index contributed by atoms with van der Waals surface area (Å²) in [5.41, 5.74) is 1.68. The van der Waals surface area contributed by atoms with Crippen LogP contribution in [0.15, 0.2) is 29.3 Å². The molecule has 8 heteroatoms. The van der Waals surface area contributed by atoms with E-state index >= 15 is 0 Å². The van der Waals surface area contributed by atoms with Gasteiger partial charge in [-0.05, 0) is 30.5 Å². The number of nitrogens with one attached hydrogen (secondary N) is 1. The molecule has 1 N–H and O–H groups in total. The number of carbonyl (C=O) groups excluding carboxylic acids is 1. The molecule has 2 aromatic rings. The van der Waals surface area contributed by atoms with Gasteiger partial charge in [-0.2, -0.15) is 0 Å². The lowest BCUT2D eigenvalue weighted by Gasteiger charge is -2.24. The zero-order valence-corrected chi connectivity index (χ0v) is 15.2. The van der Waals surface area contributed by atoms with E-state index in [9.17, 15) is 9.59 Å². The Kier molecular flexibility index (Phi) is 4.50. The van der Waals surface area contributed by atoms with Crippen LogP contribution in [-0.2, 0) is 11.3 Å². The number of halogens is 1. The second kappa shape index (κ2) is 6.97. The molecule has 0 spiro atoms. The highest BCUT2D eigenvalue weighted by Crippen LogP contribution is 2.36. The Morgan fingerprint density at radius 2 is 2.15 bits per heavy atom. The molecule has 0 bridgehead atoms. The van der Waals surface area contributed by atoms with E-state index in [-0.39, 0.29) is 18.0 Å². The summed E-state index contributed by atoms with van der Waals surface area (Å²) in [5, 5.41) is 3.12. The number of fused-ring (bicyclic) bond motifs is 1. The van der Waals surface area contributed by atoms with Crippen LogP contribution in [0.3, 0.4) is 0 Å². The highest BCUT2D eigenvalue weighted by molar-refractivity contribution is 6.31. The van der Waals surface area contributed by atoms with Gasteiger partial charge in [0.1, 0.15) is 6.33 Å². The summed E-state index contributed by atoms with van der Waals surface area (Å²) in [5.74, 6) is 6.77. The first-order valence-corrected chi connectivity index (χ1v) is 8.83. The third-order valence-electron chi connectivity index (χ3n) is 4.36. The molecule has 27 heavy (non-hydrogen) atoms. The minimum atomic E-state index is -0.647. The minimum Gasteiger partial charge on any atom is -0.481 e. The summed E-state index contributed by atoms with van der Waals surface area (Å²) < 4.78 is 11.6. The number of cyclic esters (lactones) is 1. The van der Waals surface area contributed by atoms with Crippen LogP contribution >= 0.6 is 11.6 Å². The molecule has 1 amide bonds. The van der Waals surface area contributed by atoms with Crippen LogP contribution in [0.2, 0.25) is 5.02 Å². The van der Waals surface area contributed by atoms with Crippen LogP contribution in [0.4, 0.5) is 10.5 Å². The van der Waals surface area contributed by atoms with Crippen LogP contribution < -0.4 is 15.6 Å². The second-order valence-corrected chi connectivity index (χ2v) is 6.81. The number of amides is 1. The quantitative estimate of drug-likeness (QED) is 0.821. The first kappa shape index (κ1) is 17.4. The van der Waals surface area contributed by atoms with E-state index in [0.717, 1.165) is 12.8 Å². The number of nitrogens with zero attached hydrogens (tertiary/aromatic N) is 2. The fourth-order valence-electron chi connectivity index (χ4n) is 2.74. The third-order valence-corrected chi connectivity index (χ3v) is 4.71. The van der Waals surface area contributed by atoms with E-state index in [4.69, 9.17) is 21.1 Å². The first-order valence-electron chi connectivity index (χ1n) is 8.45. The summed E-state index contributed by atoms with van der Waals surface area (Å²) in [7, 11) is 1.44. The Morgan fingerprint density at radius 3 is 2.85 bits per heavy atom. The van der Waals surface area contributed by atoms with Crippen molar-refractivity contribution in [1.29, 1.82) is 0 Å². The van der Waals surface area contributed by atoms with Crippen molar-refractivity contribution in [2.75, 3.05) is 12.4 Å². The van der Waals surface area contributed by atoms with Gasteiger partial charge >= 0.3 is 6.09 Å². The van der Waals surface area contributed by atoms with E-state index in [1.54, 1.807) is 12.1 Å². The van der Waals surface area contributed by atoms with Crippen LogP contribution in [-0.4, -0.2) is 22.8 Å². The molecule has 4 rings (SSSR count). The van der Waals surface area contributed by atoms with Gasteiger partial charge in [-0.1, -0.05) is 23.4 Å². The van der Waals surface area contributed by atoms with Crippen LogP contribution in [0.25, 0.3) is 0 Å². The molecule has 138 valence electrons. The minimum absolute atomic E-state index is 0.205. The summed E-state index contributed by atoms with van der Waals surface area (Å²) >= 11 is 6.42. The fourth-order valence-corrected chi connectivity index (χ4v) is 2.97. The number of benzene rings is 1. The SMILES string of the molecule is COc1cc(=O)n(Cc2cc3c(cc2Cl)[C@H](C#CC2CC2)OC(=O)N3)cn1. The zero-order chi connectivity index (χ0) is 19.0. The number of aromatic nitrogens is 2. The third kappa shape index (κ3) is 3.76. The lowest BCUT2D eigenvalue weighted by molar-refractivity contribution is 0.134. The normalized spacial score (nSPS) is 17.9. The van der Waals surface area contributed by atoms with Crippen molar-refractivity contribution in [2.24, 2.45) is 5.92 Å². The van der Waals surface area contributed by atoms with Crippen molar-refractivity contribution >= 4 is 23.4 Å². The number of hydrogen-bond acceptors (Lipinski definition) is 5. The molecule has 1 fully saturated rings. The van der Waals surface area contributed by atoms with Crippen molar-refractivity contribution in [3.63, 3.8) is 0 Å². The number of hydrogen-bond donors (Lipinski definition) is 1. The Morgan fingerprint density at radius 1 is 1.33 bits per heavy atom. The molecule has 7 nitrogen and oxygen atoms in total. The molecule has 2 aliphatic rings. The molecular formula is C19H16ClN3O4. The average molecular weight is 386 g/mol. The highest BCUT2D eigenvalue weighted by atomic mass is 35.5. The molecule has 0 unspecified atom stereocenters. The molecule has 1 aromatic heterocycles. The lowest BCUT2D eigenvalue weighted by atomic mass is 10.0. The maximum Gasteiger partial charge on any atom is 0.413 e. The Bertz CT molecular complexity index is 1030. The van der Waals surface area contributed by atoms with Crippen LogP contribution in [0.1, 0.15) is 30.1 Å². The smallest absolute Gasteiger partial charge is 0.413 e. The molecule has 1 aliphatic heterocycles. The van der Waals surface area contributed by atoms with Crippen molar-refractivity contribution in [3.05, 3.63) is 51.0 Å². The van der Waals surface area contributed by atoms with Gasteiger partial charge in [0.2, 0.25) is 5.88 Å². The monoisotopic (exact) mass is 385 g/mol. The van der Waals surface area contributed by atoms with Crippen molar-refractivity contribution < 1.29 is 14.3 Å². The van der Waals surface area contributed by atoms with Gasteiger partial charge in [-0.25, -0.2) is 9.78 Å². The molecule has 1 atom stereocenters. The summed E-state index contributed by atoms with van der Waals surface area (Å²) in [6.45, 7) is 0.205. The topological polar surface area (TPSA) is 82.5 Å². The van der Waals surface area contributed by atoms with E-state index in [0.29, 0.717) is 27.8 Å². The number of ether oxygens (including phenoxy) is 2. The fraction of sp³-hybridized carbons (Fsp3) is 0.316. The molecule has 1 aliphatic carbocycles. The summed E-state index contributed by atoms with van der Waals surface area (Å²) in [4.78, 5) is 28.0. The van der Waals surface area contributed by atoms with Gasteiger partial charge in [-0.15, -0.1) is 0 Å². The van der Waals surface area contributed by atoms with Gasteiger partial charge in [-0.3, -0.25) is 14.7 Å². The maximum atomic E-state index is 12.2. The van der Waals surface area contributed by atoms with Crippen molar-refractivity contribution in [3.8, 4) is 17.7 Å². The number of carbonyl (C=O) groups is 1. The Hall–Kier alpha value is -2.98. The standard InChI is InChI=1S/C19H16ClN3O4/c1-26-17-8-18(24)23(10-21-17)9-12-6-15-13(7-14(12)20)16(27-19(25)22-15)5-4-11-2-3-11/h6-8,10-11,16H,2-3,9H2,1H3,(H,22,25)/t16-/m0/s1. The highest BCUT2D eigenvalue weighted by Gasteiger charge is 2.27. The van der Waals surface area contributed by atoms with E-state index in [1.165, 1.54) is 24.1 Å². The average Bonchev–Trinajstić information content (AvgIpc) is 3.47. The first-order chi connectivity index (χ1) is 13.0. The molecule has 0 radical (unpaired) electrons. The number of rotatable bonds is 3. The molecule has 1 saturated carbocycles. The predicted molar refractivity (Wildman–Crippen MR) is 98.9 cm³/mol. The number of methoxy groups -OCH3 is 1. The maximum absolute atomic E-state index is 12.2. The van der Waals surface area contributed by atoms with E-state index in [1.807, 2.05) is 0 Å². The Labute approximate surface area is 160 Å². The van der Waals surface area contributed by atoms with Gasteiger partial charge in [0.25, 0.3) is 5.56 Å². The Balaban J connectivity index is 1.66. The van der Waals surface area contributed by atoms with Crippen molar-refractivity contribution in [2.45, 2.75) is 25.5 Å². The summed E-state index contributed by atoms with van der Waals surface area (Å²) in [6, 6.07) is 4.76. The van der Waals surface area contributed by atoms with Crippen LogP contribution in [0.5, 0.6) is 5.88 Å². The van der Waals surface area contributed by atoms with Gasteiger partial charge < -0.3 is 9.47 Å². The van der Waals surface area contributed by atoms with Gasteiger partial charge in [0, 0.05) is 16.5 Å². The molecule has 0 saturated heterocycles. The second-order valence-electron chi connectivity index (χ2n) is 6.40. The lowest BCUT2D eigenvalue weighted by Crippen LogP contribution is -2.25. The molecular weight excluding hydrogens is 370 g/mol. The van der Waals surface area contributed by atoms with Gasteiger partial charge in [0.05, 0.1) is 25.4 Å². The van der Waals surface area contributed by atoms with Crippen molar-refractivity contribution in [1.82, 2.24) is 9.55 Å². The summed E-state index contributed by atoms with van der Waals surface area (Å²) in [6.07, 6.45) is 2.36. The predicted octanol–water partition coefficient (Wildman–Crippen LogP) is 2.97. The molecule has 2 heterocycles. The largest absolute Gasteiger partial charge is 0.481 e. The van der Waals surface area contributed by atoms with E-state index in [2.05, 4.69) is 22.1 Å². The number of anilines is 1.